The van der Waals surface area contributed by atoms with Gasteiger partial charge in [-0.2, -0.15) is 4.39 Å². The Morgan fingerprint density at radius 3 is 2.24 bits per heavy atom. The number of hydrogen-bond donors (Lipinski definition) is 1. The van der Waals surface area contributed by atoms with Crippen molar-refractivity contribution in [3.8, 4) is 5.75 Å². The van der Waals surface area contributed by atoms with E-state index in [2.05, 4.69) is 13.8 Å². The first-order chi connectivity index (χ1) is 19.4. The first-order valence-corrected chi connectivity index (χ1v) is 16.6. The summed E-state index contributed by atoms with van der Waals surface area (Å²) in [6.45, 7) is 4.63. The lowest BCUT2D eigenvalue weighted by Gasteiger charge is -2.37. The third-order valence-electron chi connectivity index (χ3n) is 7.31. The fourth-order valence-electron chi connectivity index (χ4n) is 5.16. The van der Waals surface area contributed by atoms with Gasteiger partial charge in [-0.1, -0.05) is 39.5 Å². The number of carboxylic acids is 1. The first-order valence-electron chi connectivity index (χ1n) is 13.7. The zero-order chi connectivity index (χ0) is 30.4. The van der Waals surface area contributed by atoms with Crippen LogP contribution in [0, 0.1) is 5.41 Å². The minimum atomic E-state index is -3.85. The van der Waals surface area contributed by atoms with E-state index in [0.29, 0.717) is 29.0 Å². The van der Waals surface area contributed by atoms with Crippen LogP contribution in [-0.4, -0.2) is 62.9 Å². The number of anilines is 2. The van der Waals surface area contributed by atoms with Crippen molar-refractivity contribution in [2.24, 2.45) is 5.41 Å². The van der Waals surface area contributed by atoms with E-state index in [4.69, 9.17) is 9.84 Å². The highest BCUT2D eigenvalue weighted by molar-refractivity contribution is 7.98. The monoisotopic (exact) mass is 606 g/mol. The molecule has 0 saturated heterocycles. The molecule has 0 unspecified atom stereocenters. The fourth-order valence-corrected chi connectivity index (χ4v) is 7.81. The van der Waals surface area contributed by atoms with Crippen molar-refractivity contribution in [1.82, 2.24) is 4.90 Å². The van der Waals surface area contributed by atoms with Crippen LogP contribution >= 0.6 is 11.8 Å². The molecule has 1 aliphatic heterocycles. The molecule has 2 aromatic rings. The number of carboxylic acid groups (broad SMARTS) is 1. The van der Waals surface area contributed by atoms with Gasteiger partial charge in [0.05, 0.1) is 21.2 Å². The molecule has 0 fully saturated rings. The first kappa shape index (κ1) is 32.5. The lowest BCUT2D eigenvalue weighted by Crippen LogP contribution is -2.38. The van der Waals surface area contributed by atoms with E-state index in [9.17, 15) is 22.4 Å². The molecule has 41 heavy (non-hydrogen) atoms. The molecule has 1 heterocycles. The highest BCUT2D eigenvalue weighted by Crippen LogP contribution is 2.48. The van der Waals surface area contributed by atoms with Crippen LogP contribution < -0.4 is 9.64 Å². The number of unbranched alkanes of at least 4 members (excludes halogenated alkanes) is 2. The van der Waals surface area contributed by atoms with E-state index < -0.39 is 27.0 Å². The Labute approximate surface area is 246 Å². The van der Waals surface area contributed by atoms with E-state index >= 15 is 0 Å². The van der Waals surface area contributed by atoms with Gasteiger partial charge < -0.3 is 19.6 Å². The van der Waals surface area contributed by atoms with Crippen LogP contribution in [0.5, 0.6) is 5.75 Å². The molecule has 224 valence electrons. The van der Waals surface area contributed by atoms with Gasteiger partial charge in [0.1, 0.15) is 12.0 Å². The number of hydrogen-bond acceptors (Lipinski definition) is 7. The minimum Gasteiger partial charge on any atom is -0.476 e. The molecule has 0 radical (unpaired) electrons. The predicted molar refractivity (Wildman–Crippen MR) is 161 cm³/mol. The van der Waals surface area contributed by atoms with Crippen molar-refractivity contribution in [1.29, 1.82) is 0 Å². The molecule has 0 aromatic heterocycles. The molecule has 8 nitrogen and oxygen atoms in total. The number of thioether (sulfide) groups is 1. The summed E-state index contributed by atoms with van der Waals surface area (Å²) >= 11 is 1.27. The van der Waals surface area contributed by atoms with E-state index in [-0.39, 0.29) is 22.3 Å². The largest absolute Gasteiger partial charge is 0.476 e. The third-order valence-corrected chi connectivity index (χ3v) is 10.1. The molecule has 1 aliphatic rings. The normalized spacial score (nSPS) is 16.0. The molecular formula is C30H39FN2O6S2. The van der Waals surface area contributed by atoms with Crippen molar-refractivity contribution in [3.05, 3.63) is 54.1 Å². The maximum Gasteiger partial charge on any atom is 0.368 e. The van der Waals surface area contributed by atoms with Gasteiger partial charge in [0, 0.05) is 43.4 Å². The van der Waals surface area contributed by atoms with Gasteiger partial charge in [0.25, 0.3) is 5.91 Å². The second kappa shape index (κ2) is 13.7. The van der Waals surface area contributed by atoms with Crippen molar-refractivity contribution in [3.63, 3.8) is 0 Å². The fraction of sp³-hybridized carbons (Fsp3) is 0.467. The quantitative estimate of drug-likeness (QED) is 0.162. The number of ether oxygens (including phenoxy) is 1. The van der Waals surface area contributed by atoms with Crippen LogP contribution in [0.2, 0.25) is 0 Å². The zero-order valence-corrected chi connectivity index (χ0v) is 25.9. The number of sulfone groups is 1. The summed E-state index contributed by atoms with van der Waals surface area (Å²) < 4.78 is 47.3. The van der Waals surface area contributed by atoms with E-state index in [1.807, 2.05) is 17.0 Å². The van der Waals surface area contributed by atoms with Gasteiger partial charge in [-0.25, -0.2) is 13.2 Å². The van der Waals surface area contributed by atoms with Gasteiger partial charge in [0.2, 0.25) is 5.83 Å². The van der Waals surface area contributed by atoms with Gasteiger partial charge in [-0.3, -0.25) is 4.79 Å². The molecule has 0 atom stereocenters. The Kier molecular flexibility index (Phi) is 10.9. The summed E-state index contributed by atoms with van der Waals surface area (Å²) in [5.74, 6) is -3.42. The van der Waals surface area contributed by atoms with Crippen LogP contribution in [0.4, 0.5) is 15.8 Å². The third kappa shape index (κ3) is 7.62. The average Bonchev–Trinajstić information content (AvgIpc) is 3.04. The summed E-state index contributed by atoms with van der Waals surface area (Å²) in [4.78, 5) is 27.5. The van der Waals surface area contributed by atoms with Crippen LogP contribution in [-0.2, 0) is 14.6 Å². The van der Waals surface area contributed by atoms with Crippen LogP contribution in [0.15, 0.2) is 58.3 Å². The molecule has 1 amide bonds. The SMILES string of the molecule is CCCCC1(CCCC)CN(c2ccc(C(=O)N(C)C)cc2)c2cc(SC)c(O/C=C(\F)C(=O)O)cc2S(=O)(=O)C1. The van der Waals surface area contributed by atoms with Gasteiger partial charge in [0.15, 0.2) is 9.84 Å². The number of halogens is 1. The predicted octanol–water partition coefficient (Wildman–Crippen LogP) is 6.68. The van der Waals surface area contributed by atoms with Crippen molar-refractivity contribution >= 4 is 44.9 Å². The maximum absolute atomic E-state index is 14.1. The van der Waals surface area contributed by atoms with Crippen LogP contribution in [0.25, 0.3) is 0 Å². The molecule has 2 aromatic carbocycles. The minimum absolute atomic E-state index is 0.0396. The number of rotatable bonds is 12. The summed E-state index contributed by atoms with van der Waals surface area (Å²) in [5.41, 5.74) is 1.20. The number of nitrogens with zero attached hydrogens (tertiary/aromatic N) is 2. The Morgan fingerprint density at radius 1 is 1.12 bits per heavy atom. The summed E-state index contributed by atoms with van der Waals surface area (Å²) in [7, 11) is -0.478. The van der Waals surface area contributed by atoms with Gasteiger partial charge in [-0.05, 0) is 49.4 Å². The maximum atomic E-state index is 14.1. The summed E-state index contributed by atoms with van der Waals surface area (Å²) in [6, 6.07) is 10.2. The second-order valence-electron chi connectivity index (χ2n) is 10.7. The number of benzene rings is 2. The van der Waals surface area contributed by atoms with Crippen LogP contribution in [0.3, 0.4) is 0 Å². The number of aliphatic carboxylic acids is 1. The van der Waals surface area contributed by atoms with E-state index in [0.717, 1.165) is 44.2 Å². The average molecular weight is 607 g/mol. The Bertz CT molecular complexity index is 1380. The van der Waals surface area contributed by atoms with Crippen molar-refractivity contribution in [2.45, 2.75) is 62.2 Å². The Hall–Kier alpha value is -3.05. The Balaban J connectivity index is 2.26. The molecular weight excluding hydrogens is 567 g/mol. The highest BCUT2D eigenvalue weighted by atomic mass is 32.2. The standard InChI is InChI=1S/C30H39FN2O6S2/c1-6-8-14-30(15-9-7-2)19-33(22-12-10-21(11-13-22)28(34)32(3)4)24-16-26(40-5)25(39-18-23(31)29(35)36)17-27(24)41(37,38)20-30/h10-13,16-18H,6-9,14-15,19-20H2,1-5H3,(H,35,36)/b23-18-. The lowest BCUT2D eigenvalue weighted by atomic mass is 9.79. The number of carbonyl (C=O) groups excluding carboxylic acids is 1. The molecule has 11 heteroatoms. The van der Waals surface area contributed by atoms with Gasteiger partial charge in [-0.15, -0.1) is 11.8 Å². The topological polar surface area (TPSA) is 104 Å². The smallest absolute Gasteiger partial charge is 0.368 e. The summed E-state index contributed by atoms with van der Waals surface area (Å²) in [6.07, 6.45) is 7.32. The van der Waals surface area contributed by atoms with E-state index in [1.54, 1.807) is 38.6 Å². The van der Waals surface area contributed by atoms with Crippen molar-refractivity contribution < 1.29 is 32.2 Å². The lowest BCUT2D eigenvalue weighted by molar-refractivity contribution is -0.134. The highest BCUT2D eigenvalue weighted by Gasteiger charge is 2.42. The summed E-state index contributed by atoms with van der Waals surface area (Å²) in [5, 5.41) is 8.89. The number of fused-ring (bicyclic) bond motifs is 1. The molecule has 1 N–H and O–H groups in total. The van der Waals surface area contributed by atoms with E-state index in [1.165, 1.54) is 22.7 Å². The Morgan fingerprint density at radius 2 is 1.73 bits per heavy atom. The molecule has 3 rings (SSSR count). The van der Waals surface area contributed by atoms with Gasteiger partial charge >= 0.3 is 5.97 Å². The van der Waals surface area contributed by atoms with Crippen LogP contribution in [0.1, 0.15) is 62.7 Å². The molecule has 0 saturated carbocycles. The number of carbonyl (C=O) groups is 2. The number of amides is 1. The second-order valence-corrected chi connectivity index (χ2v) is 13.5. The molecule has 0 spiro atoms. The zero-order valence-electron chi connectivity index (χ0n) is 24.3. The molecule has 0 aliphatic carbocycles. The molecule has 0 bridgehead atoms. The van der Waals surface area contributed by atoms with Crippen molar-refractivity contribution in [2.75, 3.05) is 37.5 Å².